The van der Waals surface area contributed by atoms with Crippen molar-refractivity contribution in [2.75, 3.05) is 6.61 Å². The van der Waals surface area contributed by atoms with Crippen molar-refractivity contribution in [2.45, 2.75) is 18.2 Å². The zero-order chi connectivity index (χ0) is 9.07. The van der Waals surface area contributed by atoms with E-state index in [1.807, 2.05) is 0 Å². The van der Waals surface area contributed by atoms with Crippen molar-refractivity contribution in [3.8, 4) is 0 Å². The molecule has 0 saturated carbocycles. The number of esters is 1. The lowest BCUT2D eigenvalue weighted by Gasteiger charge is -2.14. The topological polar surface area (TPSA) is 43.4 Å². The molecule has 0 aromatic carbocycles. The van der Waals surface area contributed by atoms with E-state index >= 15 is 0 Å². The number of hydrogen-bond acceptors (Lipinski definition) is 3. The third kappa shape index (κ3) is 2.79. The minimum atomic E-state index is -1.41. The molecule has 0 saturated heterocycles. The van der Waals surface area contributed by atoms with Crippen molar-refractivity contribution in [3.05, 3.63) is 0 Å². The summed E-state index contributed by atoms with van der Waals surface area (Å²) in [5, 5.41) is -0.782. The second-order valence-electron chi connectivity index (χ2n) is 2.00. The first-order valence-electron chi connectivity index (χ1n) is 2.99. The molecule has 1 atom stereocenters. The van der Waals surface area contributed by atoms with E-state index in [9.17, 15) is 9.59 Å². The number of halogens is 2. The van der Waals surface area contributed by atoms with Crippen molar-refractivity contribution in [1.82, 2.24) is 0 Å². The molecule has 0 aromatic rings. The first kappa shape index (κ1) is 10.9. The minimum Gasteiger partial charge on any atom is -0.465 e. The van der Waals surface area contributed by atoms with E-state index in [-0.39, 0.29) is 6.61 Å². The fourth-order valence-electron chi connectivity index (χ4n) is 0.347. The molecule has 11 heavy (non-hydrogen) atoms. The Balaban J connectivity index is 4.30. The minimum absolute atomic E-state index is 0.226. The van der Waals surface area contributed by atoms with Crippen molar-refractivity contribution < 1.29 is 14.3 Å². The molecule has 0 radical (unpaired) electrons. The van der Waals surface area contributed by atoms with Crippen LogP contribution in [-0.4, -0.2) is 22.1 Å². The number of alkyl halides is 1. The summed E-state index contributed by atoms with van der Waals surface area (Å²) in [7, 11) is 0. The van der Waals surface area contributed by atoms with E-state index in [4.69, 9.17) is 11.6 Å². The maximum atomic E-state index is 10.9. The molecule has 0 aliphatic heterocycles. The molecule has 0 spiro atoms. The number of carbonyl (C=O) groups excluding carboxylic acids is 2. The molecule has 0 heterocycles. The van der Waals surface area contributed by atoms with Gasteiger partial charge in [-0.2, -0.15) is 0 Å². The molecular formula is C6H8BrClO3. The van der Waals surface area contributed by atoms with Crippen LogP contribution in [0, 0.1) is 0 Å². The first-order valence-corrected chi connectivity index (χ1v) is 4.16. The molecule has 0 fully saturated rings. The van der Waals surface area contributed by atoms with E-state index in [0.29, 0.717) is 0 Å². The summed E-state index contributed by atoms with van der Waals surface area (Å²) in [5.41, 5.74) is 0. The summed E-state index contributed by atoms with van der Waals surface area (Å²) in [5.74, 6) is -0.667. The van der Waals surface area contributed by atoms with Gasteiger partial charge in [-0.3, -0.25) is 9.59 Å². The quantitative estimate of drug-likeness (QED) is 0.326. The predicted molar refractivity (Wildman–Crippen MR) is 44.8 cm³/mol. The molecule has 0 aromatic heterocycles. The predicted octanol–water partition coefficient (Wildman–Crippen LogP) is 1.47. The van der Waals surface area contributed by atoms with Crippen LogP contribution < -0.4 is 0 Å². The Hall–Kier alpha value is -0.0900. The van der Waals surface area contributed by atoms with Crippen LogP contribution in [0.3, 0.4) is 0 Å². The van der Waals surface area contributed by atoms with Gasteiger partial charge >= 0.3 is 5.97 Å². The van der Waals surface area contributed by atoms with Crippen molar-refractivity contribution in [1.29, 1.82) is 0 Å². The highest BCUT2D eigenvalue weighted by Crippen LogP contribution is 2.22. The first-order chi connectivity index (χ1) is 4.92. The van der Waals surface area contributed by atoms with Gasteiger partial charge in [0, 0.05) is 0 Å². The molecule has 0 aliphatic rings. The number of hydrogen-bond donors (Lipinski definition) is 0. The standard InChI is InChI=1S/C6H8BrClO3/c1-3-11-5(10)6(2,7)4(8)9/h3H2,1-2H3. The molecule has 64 valence electrons. The van der Waals surface area contributed by atoms with Crippen LogP contribution in [0.15, 0.2) is 0 Å². The van der Waals surface area contributed by atoms with Crippen LogP contribution in [0.25, 0.3) is 0 Å². The van der Waals surface area contributed by atoms with Crippen molar-refractivity contribution in [3.63, 3.8) is 0 Å². The lowest BCUT2D eigenvalue weighted by atomic mass is 10.2. The molecular weight excluding hydrogens is 235 g/mol. The van der Waals surface area contributed by atoms with E-state index in [0.717, 1.165) is 0 Å². The molecule has 0 rings (SSSR count). The van der Waals surface area contributed by atoms with Gasteiger partial charge in [0.25, 0.3) is 0 Å². The van der Waals surface area contributed by atoms with Crippen LogP contribution in [0.2, 0.25) is 0 Å². The van der Waals surface area contributed by atoms with E-state index in [1.54, 1.807) is 6.92 Å². The highest BCUT2D eigenvalue weighted by Gasteiger charge is 2.38. The number of ether oxygens (including phenoxy) is 1. The summed E-state index contributed by atoms with van der Waals surface area (Å²) >= 11 is 7.97. The SMILES string of the molecule is CCOC(=O)C(C)(Br)C(=O)Cl. The summed E-state index contributed by atoms with van der Waals surface area (Å²) in [6.45, 7) is 3.23. The molecule has 0 aliphatic carbocycles. The average molecular weight is 243 g/mol. The molecule has 1 unspecified atom stereocenters. The van der Waals surface area contributed by atoms with Crippen LogP contribution in [0.1, 0.15) is 13.8 Å². The zero-order valence-corrected chi connectivity index (χ0v) is 8.53. The summed E-state index contributed by atoms with van der Waals surface area (Å²) in [6, 6.07) is 0. The maximum Gasteiger partial charge on any atom is 0.331 e. The van der Waals surface area contributed by atoms with Gasteiger partial charge in [-0.15, -0.1) is 0 Å². The Labute approximate surface area is 78.2 Å². The molecule has 5 heteroatoms. The Morgan fingerprint density at radius 1 is 1.64 bits per heavy atom. The second-order valence-corrected chi connectivity index (χ2v) is 3.93. The lowest BCUT2D eigenvalue weighted by molar-refractivity contribution is -0.146. The van der Waals surface area contributed by atoms with Gasteiger partial charge in [0.1, 0.15) is 0 Å². The molecule has 0 amide bonds. The Morgan fingerprint density at radius 2 is 2.09 bits per heavy atom. The van der Waals surface area contributed by atoms with Gasteiger partial charge in [-0.25, -0.2) is 0 Å². The Kier molecular flexibility index (Phi) is 4.03. The van der Waals surface area contributed by atoms with E-state index < -0.39 is 15.5 Å². The monoisotopic (exact) mass is 242 g/mol. The van der Waals surface area contributed by atoms with Crippen LogP contribution in [0.5, 0.6) is 0 Å². The van der Waals surface area contributed by atoms with Crippen molar-refractivity contribution in [2.24, 2.45) is 0 Å². The van der Waals surface area contributed by atoms with Gasteiger partial charge in [-0.05, 0) is 25.4 Å². The highest BCUT2D eigenvalue weighted by atomic mass is 79.9. The average Bonchev–Trinajstić information content (AvgIpc) is 1.88. The Bertz CT molecular complexity index is 179. The molecule has 0 bridgehead atoms. The highest BCUT2D eigenvalue weighted by molar-refractivity contribution is 9.10. The van der Waals surface area contributed by atoms with Crippen LogP contribution in [-0.2, 0) is 14.3 Å². The van der Waals surface area contributed by atoms with E-state index in [1.165, 1.54) is 6.92 Å². The normalized spacial score (nSPS) is 15.3. The maximum absolute atomic E-state index is 10.9. The zero-order valence-electron chi connectivity index (χ0n) is 6.19. The second kappa shape index (κ2) is 4.07. The largest absolute Gasteiger partial charge is 0.465 e. The molecule has 0 N–H and O–H groups in total. The Morgan fingerprint density at radius 3 is 2.36 bits per heavy atom. The smallest absolute Gasteiger partial charge is 0.331 e. The lowest BCUT2D eigenvalue weighted by Crippen LogP contribution is -2.36. The summed E-state index contributed by atoms with van der Waals surface area (Å²) in [4.78, 5) is 21.5. The van der Waals surface area contributed by atoms with Gasteiger partial charge in [-0.1, -0.05) is 15.9 Å². The fourth-order valence-corrected chi connectivity index (χ4v) is 0.538. The number of rotatable bonds is 3. The molecule has 3 nitrogen and oxygen atoms in total. The van der Waals surface area contributed by atoms with Gasteiger partial charge in [0.05, 0.1) is 6.61 Å². The van der Waals surface area contributed by atoms with Crippen LogP contribution >= 0.6 is 27.5 Å². The fraction of sp³-hybridized carbons (Fsp3) is 0.667. The third-order valence-electron chi connectivity index (χ3n) is 1.03. The summed E-state index contributed by atoms with van der Waals surface area (Å²) in [6.07, 6.45) is 0. The van der Waals surface area contributed by atoms with E-state index in [2.05, 4.69) is 20.7 Å². The third-order valence-corrected chi connectivity index (χ3v) is 2.32. The van der Waals surface area contributed by atoms with Gasteiger partial charge in [0.2, 0.25) is 5.24 Å². The van der Waals surface area contributed by atoms with Crippen molar-refractivity contribution >= 4 is 38.7 Å². The number of carbonyl (C=O) groups is 2. The van der Waals surface area contributed by atoms with Crippen LogP contribution in [0.4, 0.5) is 0 Å². The van der Waals surface area contributed by atoms with Gasteiger partial charge < -0.3 is 4.74 Å². The summed E-state index contributed by atoms with van der Waals surface area (Å²) < 4.78 is 3.16. The van der Waals surface area contributed by atoms with Gasteiger partial charge in [0.15, 0.2) is 4.32 Å².